The van der Waals surface area contributed by atoms with Crippen molar-refractivity contribution in [1.82, 2.24) is 10.2 Å². The van der Waals surface area contributed by atoms with Gasteiger partial charge in [0.2, 0.25) is 0 Å². The standard InChI is InChI=1S/C8H17FN2/c1-8(2,3)11-5-4-10-7(9)6-11/h7,10H,4-6H2,1-3H3. The Hall–Kier alpha value is -0.150. The van der Waals surface area contributed by atoms with Crippen molar-refractivity contribution in [2.24, 2.45) is 0 Å². The Morgan fingerprint density at radius 1 is 1.45 bits per heavy atom. The zero-order valence-electron chi connectivity index (χ0n) is 7.52. The molecule has 1 unspecified atom stereocenters. The van der Waals surface area contributed by atoms with Gasteiger partial charge in [-0.2, -0.15) is 0 Å². The predicted octanol–water partition coefficient (Wildman–Crippen LogP) is 0.986. The molecule has 1 rings (SSSR count). The van der Waals surface area contributed by atoms with Crippen molar-refractivity contribution in [1.29, 1.82) is 0 Å². The van der Waals surface area contributed by atoms with Gasteiger partial charge in [0.15, 0.2) is 6.30 Å². The highest BCUT2D eigenvalue weighted by molar-refractivity contribution is 4.81. The summed E-state index contributed by atoms with van der Waals surface area (Å²) in [5, 5.41) is 2.78. The Morgan fingerprint density at radius 3 is 2.45 bits per heavy atom. The van der Waals surface area contributed by atoms with Crippen LogP contribution in [0.3, 0.4) is 0 Å². The second-order valence-corrected chi connectivity index (χ2v) is 4.04. The van der Waals surface area contributed by atoms with E-state index in [1.54, 1.807) is 0 Å². The summed E-state index contributed by atoms with van der Waals surface area (Å²) in [6, 6.07) is 0. The molecule has 1 fully saturated rings. The lowest BCUT2D eigenvalue weighted by molar-refractivity contribution is 0.0550. The van der Waals surface area contributed by atoms with Gasteiger partial charge in [0.25, 0.3) is 0 Å². The molecule has 1 aliphatic rings. The molecule has 3 heteroatoms. The predicted molar refractivity (Wildman–Crippen MR) is 44.2 cm³/mol. The van der Waals surface area contributed by atoms with Gasteiger partial charge in [0.05, 0.1) is 0 Å². The number of nitrogens with zero attached hydrogens (tertiary/aromatic N) is 1. The number of halogens is 1. The third kappa shape index (κ3) is 2.42. The Morgan fingerprint density at radius 2 is 2.09 bits per heavy atom. The van der Waals surface area contributed by atoms with E-state index in [4.69, 9.17) is 0 Å². The highest BCUT2D eigenvalue weighted by Gasteiger charge is 2.26. The molecule has 0 aliphatic carbocycles. The molecule has 1 N–H and O–H groups in total. The average Bonchev–Trinajstić information content (AvgIpc) is 1.86. The molecule has 1 atom stereocenters. The van der Waals surface area contributed by atoms with Crippen LogP contribution in [-0.4, -0.2) is 36.4 Å². The molecule has 0 aromatic carbocycles. The summed E-state index contributed by atoms with van der Waals surface area (Å²) in [4.78, 5) is 2.16. The van der Waals surface area contributed by atoms with E-state index in [1.165, 1.54) is 0 Å². The van der Waals surface area contributed by atoms with Crippen LogP contribution in [0.2, 0.25) is 0 Å². The fraction of sp³-hybridized carbons (Fsp3) is 1.00. The summed E-state index contributed by atoms with van der Waals surface area (Å²) in [5.41, 5.74) is 0.104. The zero-order chi connectivity index (χ0) is 8.48. The quantitative estimate of drug-likeness (QED) is 0.531. The number of nitrogens with one attached hydrogen (secondary N) is 1. The summed E-state index contributed by atoms with van der Waals surface area (Å²) in [6.45, 7) is 8.58. The van der Waals surface area contributed by atoms with Crippen molar-refractivity contribution >= 4 is 0 Å². The van der Waals surface area contributed by atoms with E-state index in [-0.39, 0.29) is 5.54 Å². The SMILES string of the molecule is CC(C)(C)N1CCNC(F)C1. The molecule has 0 saturated carbocycles. The van der Waals surface area contributed by atoms with Gasteiger partial charge in [0, 0.05) is 25.2 Å². The molecule has 0 spiro atoms. The van der Waals surface area contributed by atoms with Gasteiger partial charge in [0.1, 0.15) is 0 Å². The highest BCUT2D eigenvalue weighted by atomic mass is 19.1. The van der Waals surface area contributed by atoms with Crippen LogP contribution in [0.25, 0.3) is 0 Å². The smallest absolute Gasteiger partial charge is 0.164 e. The maximum absolute atomic E-state index is 12.8. The van der Waals surface area contributed by atoms with Gasteiger partial charge in [-0.05, 0) is 20.8 Å². The van der Waals surface area contributed by atoms with Crippen molar-refractivity contribution in [3.05, 3.63) is 0 Å². The van der Waals surface area contributed by atoms with E-state index in [0.717, 1.165) is 13.1 Å². The van der Waals surface area contributed by atoms with Crippen LogP contribution in [0.5, 0.6) is 0 Å². The van der Waals surface area contributed by atoms with Crippen molar-refractivity contribution in [3.63, 3.8) is 0 Å². The summed E-state index contributed by atoms with van der Waals surface area (Å²) in [7, 11) is 0. The first-order valence-electron chi connectivity index (χ1n) is 4.12. The third-order valence-corrected chi connectivity index (χ3v) is 2.08. The number of hydrogen-bond donors (Lipinski definition) is 1. The van der Waals surface area contributed by atoms with Gasteiger partial charge in [-0.3, -0.25) is 10.2 Å². The Bertz CT molecular complexity index is 131. The molecule has 0 radical (unpaired) electrons. The summed E-state index contributed by atoms with van der Waals surface area (Å²) in [5.74, 6) is 0. The van der Waals surface area contributed by atoms with Gasteiger partial charge < -0.3 is 0 Å². The largest absolute Gasteiger partial charge is 0.293 e. The van der Waals surface area contributed by atoms with Crippen LogP contribution in [0, 0.1) is 0 Å². The van der Waals surface area contributed by atoms with E-state index < -0.39 is 6.30 Å². The lowest BCUT2D eigenvalue weighted by Gasteiger charge is -2.39. The zero-order valence-corrected chi connectivity index (χ0v) is 7.52. The number of hydrogen-bond acceptors (Lipinski definition) is 2. The van der Waals surface area contributed by atoms with Gasteiger partial charge >= 0.3 is 0 Å². The molecule has 11 heavy (non-hydrogen) atoms. The van der Waals surface area contributed by atoms with Gasteiger partial charge in [-0.1, -0.05) is 0 Å². The molecule has 0 bridgehead atoms. The van der Waals surface area contributed by atoms with Crippen LogP contribution < -0.4 is 5.32 Å². The molecular formula is C8H17FN2. The molecule has 2 nitrogen and oxygen atoms in total. The minimum Gasteiger partial charge on any atom is -0.293 e. The average molecular weight is 160 g/mol. The molecule has 1 saturated heterocycles. The van der Waals surface area contributed by atoms with E-state index in [1.807, 2.05) is 0 Å². The second kappa shape index (κ2) is 3.07. The van der Waals surface area contributed by atoms with E-state index in [2.05, 4.69) is 31.0 Å². The van der Waals surface area contributed by atoms with Crippen LogP contribution >= 0.6 is 0 Å². The molecule has 0 aromatic rings. The number of alkyl halides is 1. The van der Waals surface area contributed by atoms with Crippen LogP contribution in [-0.2, 0) is 0 Å². The minimum atomic E-state index is -0.844. The maximum atomic E-state index is 12.8. The van der Waals surface area contributed by atoms with E-state index >= 15 is 0 Å². The first kappa shape index (κ1) is 8.94. The molecule has 66 valence electrons. The molecule has 1 heterocycles. The van der Waals surface area contributed by atoms with E-state index in [9.17, 15) is 4.39 Å². The first-order valence-corrected chi connectivity index (χ1v) is 4.12. The Kier molecular flexibility index (Phi) is 2.50. The summed E-state index contributed by atoms with van der Waals surface area (Å²) >= 11 is 0. The molecule has 0 aromatic heterocycles. The molecular weight excluding hydrogens is 143 g/mol. The lowest BCUT2D eigenvalue weighted by Crippen LogP contribution is -2.55. The monoisotopic (exact) mass is 160 g/mol. The summed E-state index contributed by atoms with van der Waals surface area (Å²) < 4.78 is 12.8. The van der Waals surface area contributed by atoms with Crippen molar-refractivity contribution in [3.8, 4) is 0 Å². The van der Waals surface area contributed by atoms with E-state index in [0.29, 0.717) is 6.54 Å². The van der Waals surface area contributed by atoms with Crippen LogP contribution in [0.15, 0.2) is 0 Å². The topological polar surface area (TPSA) is 15.3 Å². The van der Waals surface area contributed by atoms with Crippen LogP contribution in [0.4, 0.5) is 4.39 Å². The molecule has 0 amide bonds. The van der Waals surface area contributed by atoms with Crippen molar-refractivity contribution in [2.45, 2.75) is 32.6 Å². The fourth-order valence-corrected chi connectivity index (χ4v) is 1.31. The normalized spacial score (nSPS) is 28.9. The molecule has 1 aliphatic heterocycles. The number of rotatable bonds is 0. The Labute approximate surface area is 67.8 Å². The summed E-state index contributed by atoms with van der Waals surface area (Å²) in [6.07, 6.45) is -0.844. The number of piperazine rings is 1. The fourth-order valence-electron chi connectivity index (χ4n) is 1.31. The van der Waals surface area contributed by atoms with Crippen molar-refractivity contribution in [2.75, 3.05) is 19.6 Å². The second-order valence-electron chi connectivity index (χ2n) is 4.04. The lowest BCUT2D eigenvalue weighted by atomic mass is 10.1. The highest BCUT2D eigenvalue weighted by Crippen LogP contribution is 2.15. The van der Waals surface area contributed by atoms with Crippen LogP contribution in [0.1, 0.15) is 20.8 Å². The van der Waals surface area contributed by atoms with Gasteiger partial charge in [-0.15, -0.1) is 0 Å². The van der Waals surface area contributed by atoms with Crippen molar-refractivity contribution < 1.29 is 4.39 Å². The van der Waals surface area contributed by atoms with Gasteiger partial charge in [-0.25, -0.2) is 4.39 Å². The Balaban J connectivity index is 2.46. The first-order chi connectivity index (χ1) is 5.00. The minimum absolute atomic E-state index is 0.104. The maximum Gasteiger partial charge on any atom is 0.164 e. The third-order valence-electron chi connectivity index (χ3n) is 2.08.